The van der Waals surface area contributed by atoms with E-state index in [1.807, 2.05) is 18.2 Å². The third kappa shape index (κ3) is 2.63. The molecule has 2 rings (SSSR count). The van der Waals surface area contributed by atoms with Gasteiger partial charge in [-0.3, -0.25) is 4.79 Å². The van der Waals surface area contributed by atoms with Gasteiger partial charge in [-0.15, -0.1) is 0 Å². The van der Waals surface area contributed by atoms with Gasteiger partial charge in [0, 0.05) is 5.92 Å². The molecular weight excluding hydrogens is 198 g/mol. The molecule has 1 aromatic carbocycles. The molecule has 0 spiro atoms. The van der Waals surface area contributed by atoms with E-state index < -0.39 is 0 Å². The molecule has 16 heavy (non-hydrogen) atoms. The maximum atomic E-state index is 11.8. The van der Waals surface area contributed by atoms with Gasteiger partial charge in [0.25, 0.3) is 0 Å². The Hall–Kier alpha value is -1.31. The lowest BCUT2D eigenvalue weighted by Gasteiger charge is -2.22. The van der Waals surface area contributed by atoms with Gasteiger partial charge in [0.05, 0.1) is 6.04 Å². The van der Waals surface area contributed by atoms with Crippen LogP contribution in [0.4, 0.5) is 0 Å². The first kappa shape index (κ1) is 11.2. The minimum atomic E-state index is 0.147. The van der Waals surface area contributed by atoms with Crippen LogP contribution in [0.3, 0.4) is 0 Å². The molecule has 1 atom stereocenters. The summed E-state index contributed by atoms with van der Waals surface area (Å²) in [4.78, 5) is 11.8. The van der Waals surface area contributed by atoms with Crippen LogP contribution in [0.1, 0.15) is 38.3 Å². The van der Waals surface area contributed by atoms with Crippen molar-refractivity contribution < 1.29 is 4.79 Å². The van der Waals surface area contributed by atoms with Gasteiger partial charge < -0.3 is 5.32 Å². The van der Waals surface area contributed by atoms with E-state index in [-0.39, 0.29) is 17.9 Å². The molecule has 0 radical (unpaired) electrons. The highest BCUT2D eigenvalue weighted by atomic mass is 16.2. The highest BCUT2D eigenvalue weighted by Crippen LogP contribution is 2.31. The molecule has 1 N–H and O–H groups in total. The van der Waals surface area contributed by atoms with Crippen LogP contribution in [0.5, 0.6) is 0 Å². The van der Waals surface area contributed by atoms with E-state index in [0.29, 0.717) is 5.92 Å². The standard InChI is InChI=1S/C14H19NO/c1-10(2)13(11-6-4-3-5-7-11)15-14(16)12-8-9-12/h3-7,10,12-13H,8-9H2,1-2H3,(H,15,16)/t13-/m0/s1. The Bertz CT molecular complexity index is 354. The van der Waals surface area contributed by atoms with Crippen molar-refractivity contribution in [3.8, 4) is 0 Å². The third-order valence-electron chi connectivity index (χ3n) is 3.07. The minimum absolute atomic E-state index is 0.147. The minimum Gasteiger partial charge on any atom is -0.349 e. The lowest BCUT2D eigenvalue weighted by molar-refractivity contribution is -0.123. The lowest BCUT2D eigenvalue weighted by Crippen LogP contribution is -2.32. The van der Waals surface area contributed by atoms with Crippen molar-refractivity contribution >= 4 is 5.91 Å². The van der Waals surface area contributed by atoms with E-state index in [1.165, 1.54) is 5.56 Å². The van der Waals surface area contributed by atoms with E-state index in [9.17, 15) is 4.79 Å². The van der Waals surface area contributed by atoms with Gasteiger partial charge in [-0.25, -0.2) is 0 Å². The number of amides is 1. The summed E-state index contributed by atoms with van der Waals surface area (Å²) in [6.07, 6.45) is 2.12. The predicted octanol–water partition coefficient (Wildman–Crippen LogP) is 2.91. The molecule has 2 heteroatoms. The molecule has 1 aliphatic carbocycles. The second-order valence-electron chi connectivity index (χ2n) is 4.92. The zero-order valence-electron chi connectivity index (χ0n) is 9.94. The van der Waals surface area contributed by atoms with Crippen LogP contribution in [0.25, 0.3) is 0 Å². The second kappa shape index (κ2) is 4.69. The SMILES string of the molecule is CC(C)[C@H](NC(=O)C1CC1)c1ccccc1. The summed E-state index contributed by atoms with van der Waals surface area (Å²) in [6.45, 7) is 4.29. The Morgan fingerprint density at radius 1 is 1.25 bits per heavy atom. The van der Waals surface area contributed by atoms with Crippen LogP contribution in [0.2, 0.25) is 0 Å². The van der Waals surface area contributed by atoms with Crippen LogP contribution < -0.4 is 5.32 Å². The summed E-state index contributed by atoms with van der Waals surface area (Å²) in [6, 6.07) is 10.4. The highest BCUT2D eigenvalue weighted by molar-refractivity contribution is 5.81. The summed E-state index contributed by atoms with van der Waals surface area (Å²) < 4.78 is 0. The second-order valence-corrected chi connectivity index (χ2v) is 4.92. The van der Waals surface area contributed by atoms with Crippen LogP contribution in [-0.4, -0.2) is 5.91 Å². The van der Waals surface area contributed by atoms with Crippen molar-refractivity contribution in [2.24, 2.45) is 11.8 Å². The monoisotopic (exact) mass is 217 g/mol. The van der Waals surface area contributed by atoms with Gasteiger partial charge in [0.2, 0.25) is 5.91 Å². The molecule has 0 unspecified atom stereocenters. The summed E-state index contributed by atoms with van der Waals surface area (Å²) in [5.74, 6) is 0.928. The van der Waals surface area contributed by atoms with Gasteiger partial charge in [-0.05, 0) is 24.3 Å². The van der Waals surface area contributed by atoms with E-state index in [1.54, 1.807) is 0 Å². The largest absolute Gasteiger partial charge is 0.349 e. The number of rotatable bonds is 4. The lowest BCUT2D eigenvalue weighted by atomic mass is 9.96. The van der Waals surface area contributed by atoms with Gasteiger partial charge in [-0.1, -0.05) is 44.2 Å². The van der Waals surface area contributed by atoms with Crippen molar-refractivity contribution in [2.45, 2.75) is 32.7 Å². The van der Waals surface area contributed by atoms with Crippen LogP contribution >= 0.6 is 0 Å². The van der Waals surface area contributed by atoms with E-state index in [4.69, 9.17) is 0 Å². The topological polar surface area (TPSA) is 29.1 Å². The Kier molecular flexibility index (Phi) is 3.28. The van der Waals surface area contributed by atoms with Crippen LogP contribution in [0, 0.1) is 11.8 Å². The zero-order chi connectivity index (χ0) is 11.5. The Labute approximate surface area is 97.1 Å². The predicted molar refractivity (Wildman–Crippen MR) is 64.9 cm³/mol. The fourth-order valence-corrected chi connectivity index (χ4v) is 1.91. The molecule has 0 saturated heterocycles. The Morgan fingerprint density at radius 3 is 2.38 bits per heavy atom. The molecule has 1 aromatic rings. The average Bonchev–Trinajstić information content (AvgIpc) is 3.10. The van der Waals surface area contributed by atoms with Gasteiger partial charge in [0.1, 0.15) is 0 Å². The van der Waals surface area contributed by atoms with Crippen molar-refractivity contribution in [1.29, 1.82) is 0 Å². The number of nitrogens with one attached hydrogen (secondary N) is 1. The molecule has 1 fully saturated rings. The third-order valence-corrected chi connectivity index (χ3v) is 3.07. The first-order valence-corrected chi connectivity index (χ1v) is 6.04. The fourth-order valence-electron chi connectivity index (χ4n) is 1.91. The number of carbonyl (C=O) groups is 1. The van der Waals surface area contributed by atoms with Gasteiger partial charge in [0.15, 0.2) is 0 Å². The summed E-state index contributed by atoms with van der Waals surface area (Å²) in [5.41, 5.74) is 1.20. The number of hydrogen-bond donors (Lipinski definition) is 1. The maximum absolute atomic E-state index is 11.8. The molecule has 1 amide bonds. The van der Waals surface area contributed by atoms with Crippen molar-refractivity contribution in [2.75, 3.05) is 0 Å². The Morgan fingerprint density at radius 2 is 1.88 bits per heavy atom. The smallest absolute Gasteiger partial charge is 0.223 e. The fraction of sp³-hybridized carbons (Fsp3) is 0.500. The first-order valence-electron chi connectivity index (χ1n) is 6.04. The molecule has 86 valence electrons. The van der Waals surface area contributed by atoms with Crippen molar-refractivity contribution in [3.05, 3.63) is 35.9 Å². The Balaban J connectivity index is 2.08. The molecule has 1 aliphatic rings. The van der Waals surface area contributed by atoms with Gasteiger partial charge >= 0.3 is 0 Å². The summed E-state index contributed by atoms with van der Waals surface area (Å²) in [7, 11) is 0. The van der Waals surface area contributed by atoms with E-state index >= 15 is 0 Å². The zero-order valence-corrected chi connectivity index (χ0v) is 9.94. The van der Waals surface area contributed by atoms with Crippen molar-refractivity contribution in [1.82, 2.24) is 5.32 Å². The van der Waals surface area contributed by atoms with E-state index in [2.05, 4.69) is 31.3 Å². The molecule has 0 heterocycles. The molecular formula is C14H19NO. The quantitative estimate of drug-likeness (QED) is 0.825. The van der Waals surface area contributed by atoms with Crippen LogP contribution in [0.15, 0.2) is 30.3 Å². The van der Waals surface area contributed by atoms with Crippen molar-refractivity contribution in [3.63, 3.8) is 0 Å². The number of hydrogen-bond acceptors (Lipinski definition) is 1. The van der Waals surface area contributed by atoms with E-state index in [0.717, 1.165) is 12.8 Å². The highest BCUT2D eigenvalue weighted by Gasteiger charge is 2.31. The normalized spacial score (nSPS) is 17.2. The summed E-state index contributed by atoms with van der Waals surface area (Å²) >= 11 is 0. The first-order chi connectivity index (χ1) is 7.68. The molecule has 1 saturated carbocycles. The molecule has 0 aromatic heterocycles. The maximum Gasteiger partial charge on any atom is 0.223 e. The van der Waals surface area contributed by atoms with Gasteiger partial charge in [-0.2, -0.15) is 0 Å². The number of benzene rings is 1. The molecule has 2 nitrogen and oxygen atoms in total. The van der Waals surface area contributed by atoms with Crippen LogP contribution in [-0.2, 0) is 4.79 Å². The average molecular weight is 217 g/mol. The molecule has 0 aliphatic heterocycles. The molecule has 0 bridgehead atoms. The number of carbonyl (C=O) groups excluding carboxylic acids is 1. The summed E-state index contributed by atoms with van der Waals surface area (Å²) in [5, 5.41) is 3.16.